The maximum absolute atomic E-state index is 9.03. The van der Waals surface area contributed by atoms with Crippen molar-refractivity contribution in [1.29, 1.82) is 0 Å². The third kappa shape index (κ3) is 5.23. The minimum absolute atomic E-state index is 0.304. The van der Waals surface area contributed by atoms with E-state index in [-0.39, 0.29) is 0 Å². The van der Waals surface area contributed by atoms with E-state index in [9.17, 15) is 0 Å². The predicted octanol–water partition coefficient (Wildman–Crippen LogP) is 2.79. The van der Waals surface area contributed by atoms with Gasteiger partial charge in [0.05, 0.1) is 0 Å². The van der Waals surface area contributed by atoms with Crippen LogP contribution in [-0.2, 0) is 13.1 Å². The minimum Gasteiger partial charge on any atom is -0.396 e. The van der Waals surface area contributed by atoms with Crippen LogP contribution in [0.5, 0.6) is 0 Å². The fourth-order valence-corrected chi connectivity index (χ4v) is 2.41. The van der Waals surface area contributed by atoms with Gasteiger partial charge in [0.15, 0.2) is 0 Å². The molecular weight excluding hydrogens is 224 g/mol. The number of nitrogens with one attached hydrogen (secondary N) is 1. The number of hydrogen-bond donors (Lipinski definition) is 2. The van der Waals surface area contributed by atoms with Crippen molar-refractivity contribution in [2.45, 2.75) is 52.6 Å². The van der Waals surface area contributed by atoms with E-state index in [0.29, 0.717) is 12.5 Å². The second-order valence-corrected chi connectivity index (χ2v) is 4.99. The summed E-state index contributed by atoms with van der Waals surface area (Å²) in [4.78, 5) is 0. The fraction of sp³-hybridized carbons (Fsp3) is 0.733. The highest BCUT2D eigenvalue weighted by Gasteiger charge is 2.07. The molecule has 0 aliphatic heterocycles. The molecule has 0 aliphatic rings. The van der Waals surface area contributed by atoms with Crippen LogP contribution < -0.4 is 5.32 Å². The third-order valence-electron chi connectivity index (χ3n) is 3.36. The van der Waals surface area contributed by atoms with Gasteiger partial charge in [0.25, 0.3) is 0 Å². The Labute approximate surface area is 111 Å². The Morgan fingerprint density at radius 2 is 2.11 bits per heavy atom. The Morgan fingerprint density at radius 1 is 1.28 bits per heavy atom. The predicted molar refractivity (Wildman–Crippen MR) is 76.5 cm³/mol. The van der Waals surface area contributed by atoms with Crippen molar-refractivity contribution in [3.63, 3.8) is 0 Å². The summed E-state index contributed by atoms with van der Waals surface area (Å²) in [7, 11) is 0. The largest absolute Gasteiger partial charge is 0.396 e. The number of aromatic nitrogens is 1. The molecule has 1 atom stereocenters. The Morgan fingerprint density at radius 3 is 2.78 bits per heavy atom. The summed E-state index contributed by atoms with van der Waals surface area (Å²) in [5.41, 5.74) is 1.36. The zero-order chi connectivity index (χ0) is 13.2. The molecule has 1 heterocycles. The molecule has 1 aromatic heterocycles. The lowest BCUT2D eigenvalue weighted by atomic mass is 10.0. The standard InChI is InChI=1S/C15H28N2O/c1-3-6-14(8-11-18)12-16-13-15-7-5-10-17(15)9-4-2/h5,7,10,14,16,18H,3-4,6,8-9,11-13H2,1-2H3. The molecule has 0 bridgehead atoms. The summed E-state index contributed by atoms with van der Waals surface area (Å²) in [5, 5.41) is 12.6. The zero-order valence-electron chi connectivity index (χ0n) is 11.9. The summed E-state index contributed by atoms with van der Waals surface area (Å²) >= 11 is 0. The van der Waals surface area contributed by atoms with Gasteiger partial charge in [-0.15, -0.1) is 0 Å². The molecule has 0 saturated heterocycles. The van der Waals surface area contributed by atoms with Gasteiger partial charge >= 0.3 is 0 Å². The molecule has 1 aromatic rings. The number of hydrogen-bond acceptors (Lipinski definition) is 2. The van der Waals surface area contributed by atoms with Crippen molar-refractivity contribution < 1.29 is 5.11 Å². The molecule has 0 saturated carbocycles. The zero-order valence-corrected chi connectivity index (χ0v) is 11.9. The number of rotatable bonds is 10. The monoisotopic (exact) mass is 252 g/mol. The molecule has 0 aliphatic carbocycles. The maximum Gasteiger partial charge on any atom is 0.0434 e. The first-order valence-electron chi connectivity index (χ1n) is 7.27. The quantitative estimate of drug-likeness (QED) is 0.672. The SMILES string of the molecule is CCCC(CCO)CNCc1cccn1CCC. The van der Waals surface area contributed by atoms with Crippen LogP contribution in [0.1, 0.15) is 45.2 Å². The highest BCUT2D eigenvalue weighted by molar-refractivity contribution is 5.06. The van der Waals surface area contributed by atoms with Crippen molar-refractivity contribution in [2.75, 3.05) is 13.2 Å². The fourth-order valence-electron chi connectivity index (χ4n) is 2.41. The second kappa shape index (κ2) is 9.17. The molecular formula is C15H28N2O. The molecule has 3 nitrogen and oxygen atoms in total. The molecule has 3 heteroatoms. The van der Waals surface area contributed by atoms with Crippen molar-refractivity contribution in [3.8, 4) is 0 Å². The van der Waals surface area contributed by atoms with E-state index in [4.69, 9.17) is 5.11 Å². The Hall–Kier alpha value is -0.800. The van der Waals surface area contributed by atoms with E-state index in [1.54, 1.807) is 0 Å². The summed E-state index contributed by atoms with van der Waals surface area (Å²) < 4.78 is 2.31. The third-order valence-corrected chi connectivity index (χ3v) is 3.36. The molecule has 0 aromatic carbocycles. The van der Waals surface area contributed by atoms with Crippen LogP contribution in [-0.4, -0.2) is 22.8 Å². The van der Waals surface area contributed by atoms with E-state index in [1.807, 2.05) is 0 Å². The van der Waals surface area contributed by atoms with Crippen LogP contribution in [0.25, 0.3) is 0 Å². The highest BCUT2D eigenvalue weighted by Crippen LogP contribution is 2.10. The van der Waals surface area contributed by atoms with Crippen molar-refractivity contribution in [1.82, 2.24) is 9.88 Å². The van der Waals surface area contributed by atoms with Gasteiger partial charge in [0, 0.05) is 31.6 Å². The molecule has 0 fully saturated rings. The number of aliphatic hydroxyl groups is 1. The van der Waals surface area contributed by atoms with Crippen molar-refractivity contribution in [3.05, 3.63) is 24.0 Å². The molecule has 1 unspecified atom stereocenters. The average Bonchev–Trinajstić information content (AvgIpc) is 2.78. The van der Waals surface area contributed by atoms with Gasteiger partial charge < -0.3 is 15.0 Å². The lowest BCUT2D eigenvalue weighted by Crippen LogP contribution is -2.24. The van der Waals surface area contributed by atoms with E-state index in [2.05, 4.69) is 42.1 Å². The van der Waals surface area contributed by atoms with Crippen LogP contribution in [0.3, 0.4) is 0 Å². The van der Waals surface area contributed by atoms with E-state index in [1.165, 1.54) is 25.0 Å². The van der Waals surface area contributed by atoms with E-state index in [0.717, 1.165) is 26.1 Å². The molecule has 104 valence electrons. The second-order valence-electron chi connectivity index (χ2n) is 4.99. The molecule has 0 spiro atoms. The highest BCUT2D eigenvalue weighted by atomic mass is 16.3. The first-order chi connectivity index (χ1) is 8.81. The summed E-state index contributed by atoms with van der Waals surface area (Å²) in [6.07, 6.45) is 6.63. The molecule has 0 radical (unpaired) electrons. The number of nitrogens with zero attached hydrogens (tertiary/aromatic N) is 1. The molecule has 0 amide bonds. The minimum atomic E-state index is 0.304. The van der Waals surface area contributed by atoms with Crippen LogP contribution in [0, 0.1) is 5.92 Å². The summed E-state index contributed by atoms with van der Waals surface area (Å²) in [5.74, 6) is 0.606. The molecule has 18 heavy (non-hydrogen) atoms. The Balaban J connectivity index is 2.32. The first kappa shape index (κ1) is 15.3. The summed E-state index contributed by atoms with van der Waals surface area (Å²) in [6.45, 7) is 7.74. The van der Waals surface area contributed by atoms with Gasteiger partial charge in [-0.2, -0.15) is 0 Å². The molecule has 2 N–H and O–H groups in total. The normalized spacial score (nSPS) is 12.8. The Bertz CT molecular complexity index is 303. The van der Waals surface area contributed by atoms with Crippen LogP contribution in [0.15, 0.2) is 18.3 Å². The van der Waals surface area contributed by atoms with Crippen LogP contribution in [0.2, 0.25) is 0 Å². The molecule has 1 rings (SSSR count). The van der Waals surface area contributed by atoms with Gasteiger partial charge in [-0.25, -0.2) is 0 Å². The maximum atomic E-state index is 9.03. The van der Waals surface area contributed by atoms with Crippen molar-refractivity contribution >= 4 is 0 Å². The first-order valence-corrected chi connectivity index (χ1v) is 7.27. The van der Waals surface area contributed by atoms with Gasteiger partial charge in [-0.3, -0.25) is 0 Å². The van der Waals surface area contributed by atoms with Gasteiger partial charge in [0.2, 0.25) is 0 Å². The topological polar surface area (TPSA) is 37.2 Å². The van der Waals surface area contributed by atoms with Crippen LogP contribution in [0.4, 0.5) is 0 Å². The lowest BCUT2D eigenvalue weighted by Gasteiger charge is -2.16. The van der Waals surface area contributed by atoms with E-state index < -0.39 is 0 Å². The summed E-state index contributed by atoms with van der Waals surface area (Å²) in [6, 6.07) is 4.30. The smallest absolute Gasteiger partial charge is 0.0434 e. The lowest BCUT2D eigenvalue weighted by molar-refractivity contribution is 0.247. The van der Waals surface area contributed by atoms with E-state index >= 15 is 0 Å². The number of aliphatic hydroxyl groups excluding tert-OH is 1. The average molecular weight is 252 g/mol. The van der Waals surface area contributed by atoms with Crippen molar-refractivity contribution in [2.24, 2.45) is 5.92 Å². The van der Waals surface area contributed by atoms with Gasteiger partial charge in [-0.05, 0) is 43.9 Å². The van der Waals surface area contributed by atoms with Gasteiger partial charge in [-0.1, -0.05) is 20.3 Å². The van der Waals surface area contributed by atoms with Gasteiger partial charge in [0.1, 0.15) is 0 Å². The number of aryl methyl sites for hydroxylation is 1. The van der Waals surface area contributed by atoms with Crippen LogP contribution >= 0.6 is 0 Å². The Kier molecular flexibility index (Phi) is 7.78.